The average molecular weight is 220 g/mol. The van der Waals surface area contributed by atoms with Gasteiger partial charge in [0.2, 0.25) is 0 Å². The predicted octanol–water partition coefficient (Wildman–Crippen LogP) is 1.88. The SMILES string of the molecule is COc1ccc(N(C)C2CCCNC2)cc1. The Labute approximate surface area is 97.4 Å². The van der Waals surface area contributed by atoms with Crippen molar-refractivity contribution in [2.75, 3.05) is 32.1 Å². The summed E-state index contributed by atoms with van der Waals surface area (Å²) in [4.78, 5) is 2.35. The highest BCUT2D eigenvalue weighted by Gasteiger charge is 2.17. The third-order valence-electron chi connectivity index (χ3n) is 3.30. The maximum atomic E-state index is 5.16. The lowest BCUT2D eigenvalue weighted by molar-refractivity contribution is 0.414. The number of benzene rings is 1. The van der Waals surface area contributed by atoms with Gasteiger partial charge in [0.25, 0.3) is 0 Å². The fourth-order valence-electron chi connectivity index (χ4n) is 2.19. The summed E-state index contributed by atoms with van der Waals surface area (Å²) in [5, 5.41) is 3.44. The van der Waals surface area contributed by atoms with Gasteiger partial charge in [-0.3, -0.25) is 0 Å². The van der Waals surface area contributed by atoms with Gasteiger partial charge in [-0.05, 0) is 43.7 Å². The fourth-order valence-corrected chi connectivity index (χ4v) is 2.19. The monoisotopic (exact) mass is 220 g/mol. The number of rotatable bonds is 3. The van der Waals surface area contributed by atoms with Crippen LogP contribution in [0.3, 0.4) is 0 Å². The Bertz CT molecular complexity index is 317. The number of nitrogens with one attached hydrogen (secondary N) is 1. The van der Waals surface area contributed by atoms with E-state index in [9.17, 15) is 0 Å². The van der Waals surface area contributed by atoms with Gasteiger partial charge in [-0.25, -0.2) is 0 Å². The molecule has 1 N–H and O–H groups in total. The lowest BCUT2D eigenvalue weighted by Crippen LogP contribution is -2.44. The molecule has 1 saturated heterocycles. The van der Waals surface area contributed by atoms with Crippen LogP contribution in [0.2, 0.25) is 0 Å². The summed E-state index contributed by atoms with van der Waals surface area (Å²) in [7, 11) is 3.86. The molecule has 1 aromatic rings. The fraction of sp³-hybridized carbons (Fsp3) is 0.538. The highest BCUT2D eigenvalue weighted by atomic mass is 16.5. The Hall–Kier alpha value is -1.22. The Balaban J connectivity index is 2.04. The Morgan fingerprint density at radius 1 is 1.31 bits per heavy atom. The second kappa shape index (κ2) is 5.21. The standard InChI is InChI=1S/C13H20N2O/c1-15(12-4-3-9-14-10-12)11-5-7-13(16-2)8-6-11/h5-8,12,14H,3-4,9-10H2,1-2H3. The van der Waals surface area contributed by atoms with E-state index in [1.165, 1.54) is 18.5 Å². The smallest absolute Gasteiger partial charge is 0.119 e. The molecule has 0 aliphatic carbocycles. The first kappa shape index (κ1) is 11.3. The maximum Gasteiger partial charge on any atom is 0.119 e. The summed E-state index contributed by atoms with van der Waals surface area (Å²) in [5.41, 5.74) is 1.26. The topological polar surface area (TPSA) is 24.5 Å². The first-order chi connectivity index (χ1) is 7.81. The second-order valence-corrected chi connectivity index (χ2v) is 4.31. The van der Waals surface area contributed by atoms with Crippen LogP contribution in [0.25, 0.3) is 0 Å². The minimum atomic E-state index is 0.613. The van der Waals surface area contributed by atoms with E-state index in [0.29, 0.717) is 6.04 Å². The van der Waals surface area contributed by atoms with Gasteiger partial charge in [0.1, 0.15) is 5.75 Å². The van der Waals surface area contributed by atoms with Gasteiger partial charge < -0.3 is 15.0 Å². The normalized spacial score (nSPS) is 20.5. The number of hydrogen-bond donors (Lipinski definition) is 1. The molecule has 16 heavy (non-hydrogen) atoms. The zero-order valence-corrected chi connectivity index (χ0v) is 10.1. The number of ether oxygens (including phenoxy) is 1. The molecule has 0 aromatic heterocycles. The van der Waals surface area contributed by atoms with Crippen molar-refractivity contribution >= 4 is 5.69 Å². The molecule has 1 aliphatic rings. The molecule has 3 nitrogen and oxygen atoms in total. The molecular weight excluding hydrogens is 200 g/mol. The van der Waals surface area contributed by atoms with E-state index < -0.39 is 0 Å². The molecule has 88 valence electrons. The summed E-state index contributed by atoms with van der Waals surface area (Å²) in [5.74, 6) is 0.916. The Morgan fingerprint density at radius 2 is 2.06 bits per heavy atom. The van der Waals surface area contributed by atoms with Crippen LogP contribution >= 0.6 is 0 Å². The zero-order valence-electron chi connectivity index (χ0n) is 10.1. The molecule has 1 atom stereocenters. The van der Waals surface area contributed by atoms with Crippen molar-refractivity contribution in [3.63, 3.8) is 0 Å². The number of nitrogens with zero attached hydrogens (tertiary/aromatic N) is 1. The van der Waals surface area contributed by atoms with Crippen LogP contribution in [0, 0.1) is 0 Å². The van der Waals surface area contributed by atoms with E-state index >= 15 is 0 Å². The molecule has 2 rings (SSSR count). The first-order valence-corrected chi connectivity index (χ1v) is 5.89. The second-order valence-electron chi connectivity index (χ2n) is 4.31. The highest BCUT2D eigenvalue weighted by Crippen LogP contribution is 2.21. The van der Waals surface area contributed by atoms with E-state index in [-0.39, 0.29) is 0 Å². The van der Waals surface area contributed by atoms with Crippen LogP contribution in [0.15, 0.2) is 24.3 Å². The molecule has 0 bridgehead atoms. The molecule has 1 unspecified atom stereocenters. The minimum absolute atomic E-state index is 0.613. The Morgan fingerprint density at radius 3 is 2.62 bits per heavy atom. The van der Waals surface area contributed by atoms with Gasteiger partial charge in [-0.15, -0.1) is 0 Å². The van der Waals surface area contributed by atoms with Crippen molar-refractivity contribution in [2.24, 2.45) is 0 Å². The van der Waals surface area contributed by atoms with Crippen molar-refractivity contribution in [3.8, 4) is 5.75 Å². The summed E-state index contributed by atoms with van der Waals surface area (Å²) in [6.07, 6.45) is 2.54. The number of anilines is 1. The Kier molecular flexibility index (Phi) is 3.67. The van der Waals surface area contributed by atoms with Crippen LogP contribution in [-0.4, -0.2) is 33.3 Å². The molecule has 0 saturated carbocycles. The largest absolute Gasteiger partial charge is 0.497 e. The molecule has 1 aromatic carbocycles. The minimum Gasteiger partial charge on any atom is -0.497 e. The van der Waals surface area contributed by atoms with Gasteiger partial charge in [-0.2, -0.15) is 0 Å². The van der Waals surface area contributed by atoms with Crippen LogP contribution in [0.5, 0.6) is 5.75 Å². The van der Waals surface area contributed by atoms with E-state index in [4.69, 9.17) is 4.74 Å². The highest BCUT2D eigenvalue weighted by molar-refractivity contribution is 5.49. The van der Waals surface area contributed by atoms with Crippen molar-refractivity contribution in [2.45, 2.75) is 18.9 Å². The molecular formula is C13H20N2O. The summed E-state index contributed by atoms with van der Waals surface area (Å²) in [6.45, 7) is 2.25. The summed E-state index contributed by atoms with van der Waals surface area (Å²) < 4.78 is 5.16. The summed E-state index contributed by atoms with van der Waals surface area (Å²) in [6, 6.07) is 8.88. The summed E-state index contributed by atoms with van der Waals surface area (Å²) >= 11 is 0. The van der Waals surface area contributed by atoms with E-state index in [1.807, 2.05) is 12.1 Å². The molecule has 1 aliphatic heterocycles. The van der Waals surface area contributed by atoms with Gasteiger partial charge in [-0.1, -0.05) is 0 Å². The maximum absolute atomic E-state index is 5.16. The van der Waals surface area contributed by atoms with Crippen LogP contribution in [-0.2, 0) is 0 Å². The lowest BCUT2D eigenvalue weighted by atomic mass is 10.1. The van der Waals surface area contributed by atoms with Crippen LogP contribution in [0.1, 0.15) is 12.8 Å². The van der Waals surface area contributed by atoms with Gasteiger partial charge >= 0.3 is 0 Å². The molecule has 1 heterocycles. The van der Waals surface area contributed by atoms with Crippen LogP contribution in [0.4, 0.5) is 5.69 Å². The van der Waals surface area contributed by atoms with E-state index in [2.05, 4.69) is 29.4 Å². The zero-order chi connectivity index (χ0) is 11.4. The molecule has 0 amide bonds. The van der Waals surface area contributed by atoms with Crippen LogP contribution < -0.4 is 15.0 Å². The van der Waals surface area contributed by atoms with Gasteiger partial charge in [0, 0.05) is 25.3 Å². The number of likely N-dealkylation sites (N-methyl/N-ethyl adjacent to an activating group) is 1. The quantitative estimate of drug-likeness (QED) is 0.842. The van der Waals surface area contributed by atoms with Gasteiger partial charge in [0.05, 0.1) is 7.11 Å². The first-order valence-electron chi connectivity index (χ1n) is 5.89. The van der Waals surface area contributed by atoms with E-state index in [0.717, 1.165) is 18.8 Å². The number of hydrogen-bond acceptors (Lipinski definition) is 3. The number of methoxy groups -OCH3 is 1. The third kappa shape index (κ3) is 2.47. The lowest BCUT2D eigenvalue weighted by Gasteiger charge is -2.33. The predicted molar refractivity (Wildman–Crippen MR) is 67.3 cm³/mol. The van der Waals surface area contributed by atoms with E-state index in [1.54, 1.807) is 7.11 Å². The van der Waals surface area contributed by atoms with Crippen molar-refractivity contribution < 1.29 is 4.74 Å². The van der Waals surface area contributed by atoms with Crippen molar-refractivity contribution in [1.29, 1.82) is 0 Å². The average Bonchev–Trinajstić information content (AvgIpc) is 2.39. The van der Waals surface area contributed by atoms with Crippen molar-refractivity contribution in [1.82, 2.24) is 5.32 Å². The molecule has 1 fully saturated rings. The van der Waals surface area contributed by atoms with Crippen molar-refractivity contribution in [3.05, 3.63) is 24.3 Å². The third-order valence-corrected chi connectivity index (χ3v) is 3.30. The van der Waals surface area contributed by atoms with Gasteiger partial charge in [0.15, 0.2) is 0 Å². The number of piperidine rings is 1. The molecule has 0 spiro atoms. The molecule has 0 radical (unpaired) electrons. The molecule has 3 heteroatoms.